The lowest BCUT2D eigenvalue weighted by Gasteiger charge is -2.44. The largest absolute Gasteiger partial charge is 0.481 e. The lowest BCUT2D eigenvalue weighted by molar-refractivity contribution is -0.314. The molecule has 21 heavy (non-hydrogen) atoms. The van der Waals surface area contributed by atoms with E-state index in [1.807, 2.05) is 13.8 Å². The highest BCUT2D eigenvalue weighted by atomic mass is 16.7. The van der Waals surface area contributed by atoms with Gasteiger partial charge in [-0.3, -0.25) is 9.59 Å². The third-order valence-corrected chi connectivity index (χ3v) is 3.60. The van der Waals surface area contributed by atoms with Crippen molar-refractivity contribution in [1.82, 2.24) is 0 Å². The Hall–Kier alpha value is -1.14. The zero-order valence-electron chi connectivity index (χ0n) is 13.4. The van der Waals surface area contributed by atoms with Crippen molar-refractivity contribution in [2.75, 3.05) is 6.61 Å². The summed E-state index contributed by atoms with van der Waals surface area (Å²) < 4.78 is 16.7. The zero-order valence-corrected chi connectivity index (χ0v) is 13.4. The Morgan fingerprint density at radius 1 is 1.33 bits per heavy atom. The molecule has 1 fully saturated rings. The minimum atomic E-state index is -0.835. The molecule has 0 aromatic rings. The van der Waals surface area contributed by atoms with E-state index in [2.05, 4.69) is 0 Å². The lowest BCUT2D eigenvalue weighted by atomic mass is 9.84. The number of rotatable bonds is 6. The van der Waals surface area contributed by atoms with Gasteiger partial charge in [0.15, 0.2) is 5.79 Å². The molecule has 0 aromatic heterocycles. The summed E-state index contributed by atoms with van der Waals surface area (Å²) in [5.41, 5.74) is 0. The quantitative estimate of drug-likeness (QED) is 0.757. The summed E-state index contributed by atoms with van der Waals surface area (Å²) in [5, 5.41) is 9.08. The fraction of sp³-hybridized carbons (Fsp3) is 0.867. The Bertz CT molecular complexity index is 376. The summed E-state index contributed by atoms with van der Waals surface area (Å²) in [7, 11) is 0. The molecular weight excluding hydrogens is 276 g/mol. The van der Waals surface area contributed by atoms with E-state index in [9.17, 15) is 9.59 Å². The number of hydrogen-bond acceptors (Lipinski definition) is 5. The maximum Gasteiger partial charge on any atom is 0.303 e. The van der Waals surface area contributed by atoms with Gasteiger partial charge in [-0.1, -0.05) is 13.8 Å². The Morgan fingerprint density at radius 3 is 2.43 bits per heavy atom. The molecule has 6 nitrogen and oxygen atoms in total. The molecule has 1 N–H and O–H groups in total. The third kappa shape index (κ3) is 6.01. The first kappa shape index (κ1) is 17.9. The van der Waals surface area contributed by atoms with Crippen LogP contribution in [0.3, 0.4) is 0 Å². The minimum absolute atomic E-state index is 0.0543. The first-order chi connectivity index (χ1) is 9.60. The van der Waals surface area contributed by atoms with Crippen molar-refractivity contribution in [2.45, 2.75) is 65.5 Å². The molecule has 0 aliphatic carbocycles. The SMILES string of the molecule is CC(=O)OCC1C[C@H](C(CC(=O)O)C(C)C)OC(C)(C)O1. The zero-order chi connectivity index (χ0) is 16.2. The van der Waals surface area contributed by atoms with Crippen molar-refractivity contribution in [3.63, 3.8) is 0 Å². The molecule has 1 rings (SSSR count). The van der Waals surface area contributed by atoms with Crippen molar-refractivity contribution in [3.05, 3.63) is 0 Å². The molecule has 0 radical (unpaired) electrons. The van der Waals surface area contributed by atoms with Gasteiger partial charge in [0.25, 0.3) is 0 Å². The number of carbonyl (C=O) groups is 2. The van der Waals surface area contributed by atoms with Crippen LogP contribution in [0.5, 0.6) is 0 Å². The fourth-order valence-corrected chi connectivity index (χ4v) is 2.72. The van der Waals surface area contributed by atoms with Crippen LogP contribution in [0, 0.1) is 11.8 Å². The molecule has 0 saturated carbocycles. The topological polar surface area (TPSA) is 82.1 Å². The number of carboxylic acids is 1. The fourth-order valence-electron chi connectivity index (χ4n) is 2.72. The first-order valence-corrected chi connectivity index (χ1v) is 7.31. The predicted molar refractivity (Wildman–Crippen MR) is 75.7 cm³/mol. The highest BCUT2D eigenvalue weighted by Crippen LogP contribution is 2.34. The van der Waals surface area contributed by atoms with Gasteiger partial charge in [-0.25, -0.2) is 0 Å². The standard InChI is InChI=1S/C15H26O6/c1-9(2)12(7-14(17)18)13-6-11(8-19-10(3)16)20-15(4,5)21-13/h9,11-13H,6-8H2,1-5H3,(H,17,18)/t11?,12?,13-/m1/s1. The van der Waals surface area contributed by atoms with Gasteiger partial charge < -0.3 is 19.3 Å². The molecule has 0 spiro atoms. The molecule has 0 aromatic carbocycles. The van der Waals surface area contributed by atoms with Crippen LogP contribution >= 0.6 is 0 Å². The van der Waals surface area contributed by atoms with Gasteiger partial charge in [0.1, 0.15) is 6.61 Å². The summed E-state index contributed by atoms with van der Waals surface area (Å²) in [6.07, 6.45) is 0.0639. The third-order valence-electron chi connectivity index (χ3n) is 3.60. The Balaban J connectivity index is 2.78. The van der Waals surface area contributed by atoms with E-state index in [4.69, 9.17) is 19.3 Å². The minimum Gasteiger partial charge on any atom is -0.481 e. The number of esters is 1. The summed E-state index contributed by atoms with van der Waals surface area (Å²) in [5.74, 6) is -1.94. The maximum absolute atomic E-state index is 11.1. The van der Waals surface area contributed by atoms with E-state index in [0.29, 0.717) is 6.42 Å². The number of carbonyl (C=O) groups excluding carboxylic acids is 1. The van der Waals surface area contributed by atoms with Crippen LogP contribution in [0.25, 0.3) is 0 Å². The van der Waals surface area contributed by atoms with Gasteiger partial charge in [0.05, 0.1) is 18.6 Å². The molecule has 0 amide bonds. The van der Waals surface area contributed by atoms with E-state index in [1.54, 1.807) is 13.8 Å². The second-order valence-corrected chi connectivity index (χ2v) is 6.34. The molecule has 3 atom stereocenters. The first-order valence-electron chi connectivity index (χ1n) is 7.31. The predicted octanol–water partition coefficient (Wildman–Crippen LogP) is 2.21. The normalized spacial score (nSPS) is 26.4. The van der Waals surface area contributed by atoms with Crippen LogP contribution in [0.4, 0.5) is 0 Å². The van der Waals surface area contributed by atoms with Gasteiger partial charge in [-0.2, -0.15) is 0 Å². The molecule has 122 valence electrons. The van der Waals surface area contributed by atoms with Crippen molar-refractivity contribution in [3.8, 4) is 0 Å². The molecule has 1 saturated heterocycles. The van der Waals surface area contributed by atoms with Crippen molar-refractivity contribution < 1.29 is 28.9 Å². The second-order valence-electron chi connectivity index (χ2n) is 6.34. The number of carboxylic acid groups (broad SMARTS) is 1. The average molecular weight is 302 g/mol. The average Bonchev–Trinajstić information content (AvgIpc) is 2.31. The summed E-state index contributed by atoms with van der Waals surface area (Å²) in [6.45, 7) is 9.07. The van der Waals surface area contributed by atoms with Gasteiger partial charge in [0, 0.05) is 13.3 Å². The Kier molecular flexibility index (Phi) is 6.16. The summed E-state index contributed by atoms with van der Waals surface area (Å²) in [6, 6.07) is 0. The van der Waals surface area contributed by atoms with Gasteiger partial charge in [0.2, 0.25) is 0 Å². The van der Waals surface area contributed by atoms with Crippen molar-refractivity contribution in [1.29, 1.82) is 0 Å². The monoisotopic (exact) mass is 302 g/mol. The molecule has 1 heterocycles. The Morgan fingerprint density at radius 2 is 1.95 bits per heavy atom. The van der Waals surface area contributed by atoms with E-state index < -0.39 is 11.8 Å². The van der Waals surface area contributed by atoms with Crippen LogP contribution in [0.2, 0.25) is 0 Å². The molecular formula is C15H26O6. The highest BCUT2D eigenvalue weighted by molar-refractivity contribution is 5.67. The highest BCUT2D eigenvalue weighted by Gasteiger charge is 2.40. The van der Waals surface area contributed by atoms with Crippen LogP contribution in [-0.4, -0.2) is 41.6 Å². The molecule has 6 heteroatoms. The van der Waals surface area contributed by atoms with Crippen LogP contribution in [0.15, 0.2) is 0 Å². The van der Waals surface area contributed by atoms with Crippen LogP contribution in [0.1, 0.15) is 47.5 Å². The van der Waals surface area contributed by atoms with Crippen LogP contribution in [-0.2, 0) is 23.8 Å². The number of ether oxygens (including phenoxy) is 3. The van der Waals surface area contributed by atoms with Gasteiger partial charge in [-0.15, -0.1) is 0 Å². The van der Waals surface area contributed by atoms with Crippen molar-refractivity contribution in [2.24, 2.45) is 11.8 Å². The van der Waals surface area contributed by atoms with E-state index in [1.165, 1.54) is 6.92 Å². The summed E-state index contributed by atoms with van der Waals surface area (Å²) >= 11 is 0. The molecule has 1 aliphatic heterocycles. The van der Waals surface area contributed by atoms with E-state index in [0.717, 1.165) is 0 Å². The second kappa shape index (κ2) is 7.22. The smallest absolute Gasteiger partial charge is 0.303 e. The van der Waals surface area contributed by atoms with Crippen molar-refractivity contribution >= 4 is 11.9 Å². The Labute approximate surface area is 125 Å². The van der Waals surface area contributed by atoms with Crippen LogP contribution < -0.4 is 0 Å². The number of hydrogen-bond donors (Lipinski definition) is 1. The molecule has 2 unspecified atom stereocenters. The van der Waals surface area contributed by atoms with E-state index in [-0.39, 0.29) is 43.0 Å². The van der Waals surface area contributed by atoms with Gasteiger partial charge in [-0.05, 0) is 25.7 Å². The molecule has 0 bridgehead atoms. The summed E-state index contributed by atoms with van der Waals surface area (Å²) in [4.78, 5) is 22.0. The lowest BCUT2D eigenvalue weighted by Crippen LogP contribution is -2.49. The maximum atomic E-state index is 11.1. The number of aliphatic carboxylic acids is 1. The van der Waals surface area contributed by atoms with Gasteiger partial charge >= 0.3 is 11.9 Å². The van der Waals surface area contributed by atoms with E-state index >= 15 is 0 Å². The molecule has 1 aliphatic rings.